The molecule has 2 unspecified atom stereocenters. The Labute approximate surface area is 118 Å². The highest BCUT2D eigenvalue weighted by atomic mass is 19.1. The molecule has 0 radical (unpaired) electrons. The molecule has 2 rings (SSSR count). The van der Waals surface area contributed by atoms with Crippen LogP contribution in [0.5, 0.6) is 0 Å². The van der Waals surface area contributed by atoms with Crippen molar-refractivity contribution in [1.82, 2.24) is 10.2 Å². The fourth-order valence-electron chi connectivity index (χ4n) is 2.46. The molecule has 2 amide bonds. The molecular weight excluding hydrogens is 259 g/mol. The predicted octanol–water partition coefficient (Wildman–Crippen LogP) is 1.41. The number of carbonyl (C=O) groups excluding carboxylic acids is 2. The molecule has 1 heterocycles. The predicted molar refractivity (Wildman–Crippen MR) is 73.6 cm³/mol. The summed E-state index contributed by atoms with van der Waals surface area (Å²) in [6.45, 7) is 5.71. The fourth-order valence-corrected chi connectivity index (χ4v) is 2.46. The maximum Gasteiger partial charge on any atom is 0.245 e. The van der Waals surface area contributed by atoms with Gasteiger partial charge in [0.15, 0.2) is 0 Å². The zero-order chi connectivity index (χ0) is 14.9. The summed E-state index contributed by atoms with van der Waals surface area (Å²) in [6.07, 6.45) is 0.613. The molecule has 0 saturated carbocycles. The maximum atomic E-state index is 13.1. The summed E-state index contributed by atoms with van der Waals surface area (Å²) in [4.78, 5) is 25.4. The lowest BCUT2D eigenvalue weighted by Crippen LogP contribution is -2.61. The van der Waals surface area contributed by atoms with E-state index in [4.69, 9.17) is 0 Å². The van der Waals surface area contributed by atoms with Crippen LogP contribution >= 0.6 is 0 Å². The van der Waals surface area contributed by atoms with Gasteiger partial charge in [0.2, 0.25) is 11.8 Å². The second kappa shape index (κ2) is 5.61. The molecule has 2 atom stereocenters. The van der Waals surface area contributed by atoms with Gasteiger partial charge in [0, 0.05) is 6.54 Å². The van der Waals surface area contributed by atoms with Gasteiger partial charge in [-0.25, -0.2) is 4.39 Å². The van der Waals surface area contributed by atoms with Crippen LogP contribution in [0.1, 0.15) is 25.0 Å². The number of hydrogen-bond acceptors (Lipinski definition) is 2. The Kier molecular flexibility index (Phi) is 4.06. The van der Waals surface area contributed by atoms with Crippen molar-refractivity contribution in [3.05, 3.63) is 35.1 Å². The first kappa shape index (κ1) is 14.5. The molecule has 1 aromatic carbocycles. The third-order valence-electron chi connectivity index (χ3n) is 3.79. The monoisotopic (exact) mass is 278 g/mol. The molecule has 0 aliphatic carbocycles. The number of rotatable bonds is 3. The first-order valence-corrected chi connectivity index (χ1v) is 6.76. The molecule has 1 aromatic rings. The van der Waals surface area contributed by atoms with Crippen molar-refractivity contribution in [3.63, 3.8) is 0 Å². The minimum Gasteiger partial charge on any atom is -0.343 e. The quantitative estimate of drug-likeness (QED) is 0.909. The van der Waals surface area contributed by atoms with Crippen LogP contribution in [0.2, 0.25) is 0 Å². The van der Waals surface area contributed by atoms with Gasteiger partial charge in [-0.1, -0.05) is 6.07 Å². The van der Waals surface area contributed by atoms with Crippen LogP contribution in [0, 0.1) is 12.7 Å². The summed E-state index contributed by atoms with van der Waals surface area (Å²) in [5.41, 5.74) is 1.85. The van der Waals surface area contributed by atoms with Gasteiger partial charge in [-0.15, -0.1) is 0 Å². The molecular formula is C15H19FN2O2. The highest BCUT2D eigenvalue weighted by molar-refractivity contribution is 5.96. The molecule has 5 heteroatoms. The van der Waals surface area contributed by atoms with E-state index in [9.17, 15) is 14.0 Å². The van der Waals surface area contributed by atoms with Crippen molar-refractivity contribution >= 4 is 11.8 Å². The largest absolute Gasteiger partial charge is 0.343 e. The van der Waals surface area contributed by atoms with Crippen LogP contribution in [-0.4, -0.2) is 35.3 Å². The molecule has 1 aliphatic heterocycles. The molecule has 108 valence electrons. The average molecular weight is 278 g/mol. The van der Waals surface area contributed by atoms with E-state index in [-0.39, 0.29) is 17.6 Å². The highest BCUT2D eigenvalue weighted by Gasteiger charge is 2.35. The van der Waals surface area contributed by atoms with Crippen molar-refractivity contribution < 1.29 is 14.0 Å². The molecule has 1 fully saturated rings. The Morgan fingerprint density at radius 1 is 1.30 bits per heavy atom. The highest BCUT2D eigenvalue weighted by Crippen LogP contribution is 2.14. The molecule has 0 bridgehead atoms. The minimum absolute atomic E-state index is 0.0723. The second-order valence-corrected chi connectivity index (χ2v) is 5.26. The molecule has 1 N–H and O–H groups in total. The number of aryl methyl sites for hydroxylation is 1. The van der Waals surface area contributed by atoms with Gasteiger partial charge < -0.3 is 10.2 Å². The standard InChI is InChI=1S/C15H19FN2O2/c1-9-8-13(16)5-4-12(9)6-7-18-11(3)14(19)17-10(2)15(18)20/h4-5,8,10-11H,6-7H2,1-3H3,(H,17,19). The molecule has 4 nitrogen and oxygen atoms in total. The fraction of sp³-hybridized carbons (Fsp3) is 0.467. The SMILES string of the molecule is Cc1cc(F)ccc1CCN1C(=O)C(C)NC(=O)C1C. The van der Waals surface area contributed by atoms with Crippen molar-refractivity contribution in [3.8, 4) is 0 Å². The van der Waals surface area contributed by atoms with Gasteiger partial charge in [-0.3, -0.25) is 9.59 Å². The van der Waals surface area contributed by atoms with E-state index in [0.717, 1.165) is 11.1 Å². The molecule has 0 aromatic heterocycles. The Morgan fingerprint density at radius 2 is 2.00 bits per heavy atom. The maximum absolute atomic E-state index is 13.1. The average Bonchev–Trinajstić information content (AvgIpc) is 2.38. The number of carbonyl (C=O) groups is 2. The van der Waals surface area contributed by atoms with Gasteiger partial charge in [0.05, 0.1) is 0 Å². The first-order valence-electron chi connectivity index (χ1n) is 6.76. The Bertz CT molecular complexity index is 545. The molecule has 1 aliphatic rings. The zero-order valence-corrected chi connectivity index (χ0v) is 11.9. The molecule has 20 heavy (non-hydrogen) atoms. The van der Waals surface area contributed by atoms with Gasteiger partial charge in [-0.2, -0.15) is 0 Å². The van der Waals surface area contributed by atoms with Gasteiger partial charge in [0.25, 0.3) is 0 Å². The normalized spacial score (nSPS) is 22.9. The van der Waals surface area contributed by atoms with Gasteiger partial charge in [0.1, 0.15) is 17.9 Å². The van der Waals surface area contributed by atoms with E-state index in [1.54, 1.807) is 24.8 Å². The van der Waals surface area contributed by atoms with Crippen molar-refractivity contribution in [2.45, 2.75) is 39.3 Å². The van der Waals surface area contributed by atoms with E-state index >= 15 is 0 Å². The van der Waals surface area contributed by atoms with E-state index in [0.29, 0.717) is 13.0 Å². The van der Waals surface area contributed by atoms with Crippen molar-refractivity contribution in [2.75, 3.05) is 6.54 Å². The Hall–Kier alpha value is -1.91. The smallest absolute Gasteiger partial charge is 0.245 e. The summed E-state index contributed by atoms with van der Waals surface area (Å²) in [7, 11) is 0. The Morgan fingerprint density at radius 3 is 2.65 bits per heavy atom. The lowest BCUT2D eigenvalue weighted by atomic mass is 10.0. The minimum atomic E-state index is -0.479. The lowest BCUT2D eigenvalue weighted by molar-refractivity contribution is -0.148. The number of benzene rings is 1. The van der Waals surface area contributed by atoms with Gasteiger partial charge in [-0.05, 0) is 50.5 Å². The number of nitrogens with one attached hydrogen (secondary N) is 1. The van der Waals surface area contributed by atoms with Gasteiger partial charge >= 0.3 is 0 Å². The lowest BCUT2D eigenvalue weighted by Gasteiger charge is -2.36. The summed E-state index contributed by atoms with van der Waals surface area (Å²) < 4.78 is 13.1. The van der Waals surface area contributed by atoms with Crippen LogP contribution in [0.3, 0.4) is 0 Å². The second-order valence-electron chi connectivity index (χ2n) is 5.26. The summed E-state index contributed by atoms with van der Waals surface area (Å²) in [6, 6.07) is 3.69. The first-order chi connectivity index (χ1) is 9.40. The third kappa shape index (κ3) is 2.81. The van der Waals surface area contributed by atoms with E-state index in [1.807, 2.05) is 6.92 Å². The number of piperazine rings is 1. The zero-order valence-electron chi connectivity index (χ0n) is 11.9. The van der Waals surface area contributed by atoms with Crippen molar-refractivity contribution in [2.24, 2.45) is 0 Å². The van der Waals surface area contributed by atoms with Crippen LogP contribution in [0.15, 0.2) is 18.2 Å². The molecule has 0 spiro atoms. The van der Waals surface area contributed by atoms with Crippen LogP contribution in [0.4, 0.5) is 4.39 Å². The summed E-state index contributed by atoms with van der Waals surface area (Å²) in [5, 5.41) is 2.65. The van der Waals surface area contributed by atoms with Crippen LogP contribution < -0.4 is 5.32 Å². The van der Waals surface area contributed by atoms with Crippen LogP contribution in [-0.2, 0) is 16.0 Å². The summed E-state index contributed by atoms with van der Waals surface area (Å²) >= 11 is 0. The number of halogens is 1. The van der Waals surface area contributed by atoms with Crippen molar-refractivity contribution in [1.29, 1.82) is 0 Å². The number of hydrogen-bond donors (Lipinski definition) is 1. The van der Waals surface area contributed by atoms with E-state index in [2.05, 4.69) is 5.32 Å². The number of nitrogens with zero attached hydrogens (tertiary/aromatic N) is 1. The molecule has 1 saturated heterocycles. The van der Waals surface area contributed by atoms with Crippen LogP contribution in [0.25, 0.3) is 0 Å². The van der Waals surface area contributed by atoms with E-state index in [1.165, 1.54) is 12.1 Å². The topological polar surface area (TPSA) is 49.4 Å². The number of amides is 2. The Balaban J connectivity index is 2.08. The third-order valence-corrected chi connectivity index (χ3v) is 3.79. The van der Waals surface area contributed by atoms with E-state index < -0.39 is 12.1 Å². The summed E-state index contributed by atoms with van der Waals surface area (Å²) in [5.74, 6) is -0.466.